The highest BCUT2D eigenvalue weighted by Crippen LogP contribution is 2.22. The molecule has 1 N–H and O–H groups in total. The molecule has 1 heterocycles. The second-order valence-electron chi connectivity index (χ2n) is 4.58. The summed E-state index contributed by atoms with van der Waals surface area (Å²) < 4.78 is 28.3. The van der Waals surface area contributed by atoms with Gasteiger partial charge in [-0.15, -0.1) is 0 Å². The molecule has 0 spiro atoms. The van der Waals surface area contributed by atoms with E-state index in [2.05, 4.69) is 10.1 Å². The molecule has 2 rings (SSSR count). The van der Waals surface area contributed by atoms with E-state index in [1.54, 1.807) is 4.68 Å². The Balaban J connectivity index is 2.23. The summed E-state index contributed by atoms with van der Waals surface area (Å²) in [5.74, 6) is -1.46. The van der Waals surface area contributed by atoms with E-state index >= 15 is 0 Å². The van der Waals surface area contributed by atoms with Gasteiger partial charge >= 0.3 is 0 Å². The van der Waals surface area contributed by atoms with Gasteiger partial charge in [-0.1, -0.05) is 12.1 Å². The van der Waals surface area contributed by atoms with Crippen LogP contribution in [-0.4, -0.2) is 19.9 Å². The summed E-state index contributed by atoms with van der Waals surface area (Å²) in [5.41, 5.74) is -0.0710. The quantitative estimate of drug-likeness (QED) is 0.925. The van der Waals surface area contributed by atoms with Gasteiger partial charge in [0.05, 0.1) is 6.10 Å². The van der Waals surface area contributed by atoms with Gasteiger partial charge in [0.15, 0.2) is 11.6 Å². The first kappa shape index (κ1) is 13.6. The van der Waals surface area contributed by atoms with Gasteiger partial charge < -0.3 is 5.11 Å². The van der Waals surface area contributed by atoms with Crippen LogP contribution in [0.3, 0.4) is 0 Å². The third kappa shape index (κ3) is 2.78. The summed E-state index contributed by atoms with van der Waals surface area (Å²) in [4.78, 5) is 4.03. The molecule has 1 aromatic heterocycles. The lowest BCUT2D eigenvalue weighted by atomic mass is 10.1. The van der Waals surface area contributed by atoms with Crippen molar-refractivity contribution in [1.29, 1.82) is 0 Å². The zero-order valence-corrected chi connectivity index (χ0v) is 10.7. The van der Waals surface area contributed by atoms with Gasteiger partial charge in [0.25, 0.3) is 0 Å². The molecule has 0 aliphatic rings. The van der Waals surface area contributed by atoms with Crippen LogP contribution in [0.15, 0.2) is 24.5 Å². The molecule has 102 valence electrons. The molecular weight excluding hydrogens is 252 g/mol. The average molecular weight is 267 g/mol. The third-order valence-corrected chi connectivity index (χ3v) is 2.85. The number of benzene rings is 1. The minimum absolute atomic E-state index is 0.0710. The molecule has 1 unspecified atom stereocenters. The van der Waals surface area contributed by atoms with Crippen LogP contribution in [0.4, 0.5) is 8.78 Å². The summed E-state index contributed by atoms with van der Waals surface area (Å²) in [7, 11) is 0. The van der Waals surface area contributed by atoms with Crippen LogP contribution in [0.2, 0.25) is 0 Å². The fraction of sp³-hybridized carbons (Fsp3) is 0.385. The van der Waals surface area contributed by atoms with Crippen LogP contribution in [0, 0.1) is 11.6 Å². The smallest absolute Gasteiger partial charge is 0.164 e. The van der Waals surface area contributed by atoms with Gasteiger partial charge in [0.2, 0.25) is 0 Å². The molecule has 19 heavy (non-hydrogen) atoms. The first-order valence-electron chi connectivity index (χ1n) is 6.01. The molecule has 1 aromatic carbocycles. The van der Waals surface area contributed by atoms with Crippen molar-refractivity contribution in [3.8, 4) is 0 Å². The van der Waals surface area contributed by atoms with E-state index in [0.717, 1.165) is 6.07 Å². The largest absolute Gasteiger partial charge is 0.388 e. The highest BCUT2D eigenvalue weighted by atomic mass is 19.2. The zero-order valence-electron chi connectivity index (χ0n) is 10.7. The monoisotopic (exact) mass is 267 g/mol. The number of hydrogen-bond acceptors (Lipinski definition) is 3. The fourth-order valence-corrected chi connectivity index (χ4v) is 1.91. The minimum atomic E-state index is -1.16. The lowest BCUT2D eigenvalue weighted by Crippen LogP contribution is -2.13. The van der Waals surface area contributed by atoms with E-state index in [-0.39, 0.29) is 18.0 Å². The molecule has 2 aromatic rings. The summed E-state index contributed by atoms with van der Waals surface area (Å²) in [6, 6.07) is 3.83. The van der Waals surface area contributed by atoms with Crippen LogP contribution in [0.1, 0.15) is 37.4 Å². The third-order valence-electron chi connectivity index (χ3n) is 2.85. The SMILES string of the molecule is CC(C)n1ncnc1CC(O)c1cccc(F)c1F. The molecule has 4 nitrogen and oxygen atoms in total. The molecule has 6 heteroatoms. The molecule has 0 radical (unpaired) electrons. The molecule has 0 aliphatic carbocycles. The topological polar surface area (TPSA) is 50.9 Å². The second-order valence-corrected chi connectivity index (χ2v) is 4.58. The van der Waals surface area contributed by atoms with Gasteiger partial charge in [0.1, 0.15) is 12.2 Å². The number of aromatic nitrogens is 3. The van der Waals surface area contributed by atoms with E-state index in [0.29, 0.717) is 5.82 Å². The molecule has 0 bridgehead atoms. The number of hydrogen-bond donors (Lipinski definition) is 1. The Hall–Kier alpha value is -1.82. The second kappa shape index (κ2) is 5.44. The van der Waals surface area contributed by atoms with Gasteiger partial charge in [0, 0.05) is 18.0 Å². The van der Waals surface area contributed by atoms with E-state index in [1.807, 2.05) is 13.8 Å². The predicted octanol–water partition coefficient (Wildman–Crippen LogP) is 2.41. The van der Waals surface area contributed by atoms with Gasteiger partial charge in [-0.3, -0.25) is 0 Å². The summed E-state index contributed by atoms with van der Waals surface area (Å²) >= 11 is 0. The maximum Gasteiger partial charge on any atom is 0.164 e. The average Bonchev–Trinajstić information content (AvgIpc) is 2.80. The van der Waals surface area contributed by atoms with E-state index in [4.69, 9.17) is 0 Å². The van der Waals surface area contributed by atoms with Crippen molar-refractivity contribution >= 4 is 0 Å². The number of aliphatic hydroxyl groups is 1. The molecule has 0 aliphatic heterocycles. The highest BCUT2D eigenvalue weighted by molar-refractivity contribution is 5.22. The first-order valence-corrected chi connectivity index (χ1v) is 6.01. The maximum atomic E-state index is 13.6. The zero-order chi connectivity index (χ0) is 14.0. The van der Waals surface area contributed by atoms with Crippen molar-refractivity contribution in [1.82, 2.24) is 14.8 Å². The fourth-order valence-electron chi connectivity index (χ4n) is 1.91. The molecule has 0 amide bonds. The molecule has 1 atom stereocenters. The standard InChI is InChI=1S/C13H15F2N3O/c1-8(2)18-12(16-7-17-18)6-11(19)9-4-3-5-10(14)13(9)15/h3-5,7-8,11,19H,6H2,1-2H3. The number of rotatable bonds is 4. The van der Waals surface area contributed by atoms with Gasteiger partial charge in [-0.25, -0.2) is 18.4 Å². The van der Waals surface area contributed by atoms with Crippen molar-refractivity contribution < 1.29 is 13.9 Å². The maximum absolute atomic E-state index is 13.6. The Kier molecular flexibility index (Phi) is 3.90. The van der Waals surface area contributed by atoms with Crippen molar-refractivity contribution in [2.75, 3.05) is 0 Å². The minimum Gasteiger partial charge on any atom is -0.388 e. The van der Waals surface area contributed by atoms with Crippen molar-refractivity contribution in [3.05, 3.63) is 47.5 Å². The summed E-state index contributed by atoms with van der Waals surface area (Å²) in [6.07, 6.45) is 0.306. The van der Waals surface area contributed by atoms with Crippen LogP contribution in [0.25, 0.3) is 0 Å². The molecular formula is C13H15F2N3O. The normalized spacial score (nSPS) is 12.9. The molecule has 0 saturated heterocycles. The van der Waals surface area contributed by atoms with Crippen molar-refractivity contribution in [2.24, 2.45) is 0 Å². The molecule has 0 saturated carbocycles. The highest BCUT2D eigenvalue weighted by Gasteiger charge is 2.19. The Labute approximate surface area is 109 Å². The number of nitrogens with zero attached hydrogens (tertiary/aromatic N) is 3. The van der Waals surface area contributed by atoms with Gasteiger partial charge in [-0.05, 0) is 19.9 Å². The van der Waals surface area contributed by atoms with E-state index < -0.39 is 17.7 Å². The van der Waals surface area contributed by atoms with Crippen LogP contribution < -0.4 is 0 Å². The van der Waals surface area contributed by atoms with Crippen molar-refractivity contribution in [3.63, 3.8) is 0 Å². The molecule has 0 fully saturated rings. The van der Waals surface area contributed by atoms with Crippen molar-refractivity contribution in [2.45, 2.75) is 32.4 Å². The van der Waals surface area contributed by atoms with E-state index in [9.17, 15) is 13.9 Å². The Morgan fingerprint density at radius 1 is 1.32 bits per heavy atom. The number of halogens is 2. The Bertz CT molecular complexity index is 569. The van der Waals surface area contributed by atoms with E-state index in [1.165, 1.54) is 18.5 Å². The van der Waals surface area contributed by atoms with Crippen LogP contribution in [-0.2, 0) is 6.42 Å². The lowest BCUT2D eigenvalue weighted by Gasteiger charge is -2.14. The Morgan fingerprint density at radius 2 is 2.05 bits per heavy atom. The van der Waals surface area contributed by atoms with Crippen LogP contribution in [0.5, 0.6) is 0 Å². The first-order chi connectivity index (χ1) is 9.00. The van der Waals surface area contributed by atoms with Gasteiger partial charge in [-0.2, -0.15) is 5.10 Å². The predicted molar refractivity (Wildman–Crippen MR) is 65.4 cm³/mol. The van der Waals surface area contributed by atoms with Crippen LogP contribution >= 0.6 is 0 Å². The summed E-state index contributed by atoms with van der Waals surface area (Å²) in [5, 5.41) is 14.0. The number of aliphatic hydroxyl groups excluding tert-OH is 1. The lowest BCUT2D eigenvalue weighted by molar-refractivity contribution is 0.167. The summed E-state index contributed by atoms with van der Waals surface area (Å²) in [6.45, 7) is 3.85. The Morgan fingerprint density at radius 3 is 2.74 bits per heavy atom.